The summed E-state index contributed by atoms with van der Waals surface area (Å²) in [6.07, 6.45) is 1.66. The zero-order chi connectivity index (χ0) is 13.1. The lowest BCUT2D eigenvalue weighted by Gasteiger charge is -2.29. The number of rotatable bonds is 3. The van der Waals surface area contributed by atoms with Crippen LogP contribution in [0.25, 0.3) is 0 Å². The third kappa shape index (κ3) is 3.59. The molecule has 1 aliphatic rings. The van der Waals surface area contributed by atoms with Crippen molar-refractivity contribution in [2.75, 3.05) is 0 Å². The van der Waals surface area contributed by atoms with Crippen molar-refractivity contribution in [2.24, 2.45) is 5.73 Å². The second-order valence-corrected chi connectivity index (χ2v) is 5.21. The summed E-state index contributed by atoms with van der Waals surface area (Å²) in [4.78, 5) is 11.3. The number of carbonyl (C=O) groups is 1. The highest BCUT2D eigenvalue weighted by Crippen LogP contribution is 2.23. The van der Waals surface area contributed by atoms with Crippen LogP contribution in [0.4, 0.5) is 0 Å². The normalized spacial score (nSPS) is 23.8. The number of nitrogens with two attached hydrogens (primary N) is 1. The van der Waals surface area contributed by atoms with E-state index in [2.05, 4.69) is 10.6 Å². The van der Waals surface area contributed by atoms with Gasteiger partial charge >= 0.3 is 0 Å². The predicted molar refractivity (Wildman–Crippen MR) is 72.4 cm³/mol. The SMILES string of the molecule is NC1NC(=O)CC(CCc2ccc(Cl)c(Cl)c2)N1. The van der Waals surface area contributed by atoms with Gasteiger partial charge in [-0.25, -0.2) is 0 Å². The molecule has 6 heteroatoms. The Kier molecular flexibility index (Phi) is 4.45. The monoisotopic (exact) mass is 287 g/mol. The molecule has 0 spiro atoms. The summed E-state index contributed by atoms with van der Waals surface area (Å²) >= 11 is 11.8. The highest BCUT2D eigenvalue weighted by molar-refractivity contribution is 6.42. The molecule has 1 saturated heterocycles. The van der Waals surface area contributed by atoms with Crippen molar-refractivity contribution in [3.8, 4) is 0 Å². The van der Waals surface area contributed by atoms with Gasteiger partial charge in [-0.1, -0.05) is 29.3 Å². The van der Waals surface area contributed by atoms with Crippen molar-refractivity contribution in [1.82, 2.24) is 10.6 Å². The molecule has 2 rings (SSSR count). The predicted octanol–water partition coefficient (Wildman–Crippen LogP) is 1.65. The fourth-order valence-corrected chi connectivity index (χ4v) is 2.35. The fourth-order valence-electron chi connectivity index (χ4n) is 2.03. The van der Waals surface area contributed by atoms with Crippen molar-refractivity contribution in [3.05, 3.63) is 33.8 Å². The lowest BCUT2D eigenvalue weighted by molar-refractivity contribution is -0.124. The molecule has 1 aliphatic heterocycles. The Morgan fingerprint density at radius 1 is 1.33 bits per heavy atom. The number of hydrogen-bond acceptors (Lipinski definition) is 3. The van der Waals surface area contributed by atoms with E-state index < -0.39 is 6.29 Å². The Morgan fingerprint density at radius 3 is 2.78 bits per heavy atom. The molecule has 1 amide bonds. The maximum Gasteiger partial charge on any atom is 0.223 e. The van der Waals surface area contributed by atoms with Crippen molar-refractivity contribution in [2.45, 2.75) is 31.6 Å². The molecule has 0 radical (unpaired) electrons. The zero-order valence-electron chi connectivity index (χ0n) is 9.75. The summed E-state index contributed by atoms with van der Waals surface area (Å²) in [7, 11) is 0. The summed E-state index contributed by atoms with van der Waals surface area (Å²) in [6.45, 7) is 0. The highest BCUT2D eigenvalue weighted by atomic mass is 35.5. The van der Waals surface area contributed by atoms with Gasteiger partial charge in [0.05, 0.1) is 10.0 Å². The largest absolute Gasteiger partial charge is 0.328 e. The second-order valence-electron chi connectivity index (χ2n) is 4.40. The Balaban J connectivity index is 1.90. The van der Waals surface area contributed by atoms with E-state index in [1.807, 2.05) is 12.1 Å². The van der Waals surface area contributed by atoms with Gasteiger partial charge in [0, 0.05) is 12.5 Å². The van der Waals surface area contributed by atoms with Crippen LogP contribution in [0.1, 0.15) is 18.4 Å². The number of carbonyl (C=O) groups excluding carboxylic acids is 1. The number of hydrogen-bond donors (Lipinski definition) is 3. The molecule has 1 aromatic rings. The minimum absolute atomic E-state index is 0.0135. The average molecular weight is 288 g/mol. The van der Waals surface area contributed by atoms with Gasteiger partial charge in [-0.3, -0.25) is 15.8 Å². The molecule has 4 N–H and O–H groups in total. The van der Waals surface area contributed by atoms with Crippen LogP contribution in [0.5, 0.6) is 0 Å². The van der Waals surface area contributed by atoms with E-state index in [-0.39, 0.29) is 11.9 Å². The van der Waals surface area contributed by atoms with Gasteiger partial charge in [0.2, 0.25) is 5.91 Å². The van der Waals surface area contributed by atoms with Crippen LogP contribution in [0, 0.1) is 0 Å². The Hall–Kier alpha value is -0.810. The van der Waals surface area contributed by atoms with E-state index in [1.165, 1.54) is 0 Å². The Bertz CT molecular complexity index is 453. The zero-order valence-corrected chi connectivity index (χ0v) is 11.3. The van der Waals surface area contributed by atoms with Crippen LogP contribution in [0.2, 0.25) is 10.0 Å². The van der Waals surface area contributed by atoms with Crippen LogP contribution >= 0.6 is 23.2 Å². The van der Waals surface area contributed by atoms with Crippen molar-refractivity contribution >= 4 is 29.1 Å². The van der Waals surface area contributed by atoms with Crippen LogP contribution < -0.4 is 16.4 Å². The molecule has 18 heavy (non-hydrogen) atoms. The molecular weight excluding hydrogens is 273 g/mol. The first-order valence-corrected chi connectivity index (χ1v) is 6.55. The molecule has 0 aliphatic carbocycles. The third-order valence-electron chi connectivity index (χ3n) is 2.93. The molecule has 0 bridgehead atoms. The maximum absolute atomic E-state index is 11.3. The van der Waals surface area contributed by atoms with Gasteiger partial charge in [-0.2, -0.15) is 0 Å². The van der Waals surface area contributed by atoms with Gasteiger partial charge in [-0.05, 0) is 30.5 Å². The van der Waals surface area contributed by atoms with Gasteiger partial charge in [0.25, 0.3) is 0 Å². The average Bonchev–Trinajstić information content (AvgIpc) is 2.29. The highest BCUT2D eigenvalue weighted by Gasteiger charge is 2.22. The van der Waals surface area contributed by atoms with E-state index >= 15 is 0 Å². The van der Waals surface area contributed by atoms with Crippen LogP contribution in [0.3, 0.4) is 0 Å². The van der Waals surface area contributed by atoms with Crippen molar-refractivity contribution in [3.63, 3.8) is 0 Å². The molecule has 2 unspecified atom stereocenters. The van der Waals surface area contributed by atoms with E-state index in [0.29, 0.717) is 16.5 Å². The van der Waals surface area contributed by atoms with E-state index in [9.17, 15) is 4.79 Å². The first-order chi connectivity index (χ1) is 8.54. The summed E-state index contributed by atoms with van der Waals surface area (Å²) in [6, 6.07) is 5.68. The van der Waals surface area contributed by atoms with Gasteiger partial charge in [0.15, 0.2) is 0 Å². The molecule has 2 atom stereocenters. The van der Waals surface area contributed by atoms with E-state index in [4.69, 9.17) is 28.9 Å². The lowest BCUT2D eigenvalue weighted by Crippen LogP contribution is -2.60. The molecular formula is C12H15Cl2N3O. The molecule has 1 fully saturated rings. The molecule has 1 aromatic carbocycles. The van der Waals surface area contributed by atoms with Gasteiger partial charge in [-0.15, -0.1) is 0 Å². The Morgan fingerprint density at radius 2 is 2.11 bits per heavy atom. The maximum atomic E-state index is 11.3. The summed E-state index contributed by atoms with van der Waals surface area (Å²) in [5.41, 5.74) is 6.75. The minimum Gasteiger partial charge on any atom is -0.328 e. The third-order valence-corrected chi connectivity index (χ3v) is 3.67. The second kappa shape index (κ2) is 5.89. The van der Waals surface area contributed by atoms with E-state index in [0.717, 1.165) is 18.4 Å². The topological polar surface area (TPSA) is 67.1 Å². The number of nitrogens with one attached hydrogen (secondary N) is 2. The van der Waals surface area contributed by atoms with Gasteiger partial charge in [0.1, 0.15) is 6.29 Å². The first kappa shape index (κ1) is 13.6. The standard InChI is InChI=1S/C12H15Cl2N3O/c13-9-4-2-7(5-10(9)14)1-3-8-6-11(18)17-12(15)16-8/h2,4-5,8,12,16H,1,3,6,15H2,(H,17,18). The van der Waals surface area contributed by atoms with E-state index in [1.54, 1.807) is 6.07 Å². The fraction of sp³-hybridized carbons (Fsp3) is 0.417. The summed E-state index contributed by atoms with van der Waals surface area (Å²) < 4.78 is 0. The summed E-state index contributed by atoms with van der Waals surface area (Å²) in [5.74, 6) is -0.0135. The smallest absolute Gasteiger partial charge is 0.223 e. The quantitative estimate of drug-likeness (QED) is 0.792. The van der Waals surface area contributed by atoms with Crippen LogP contribution in [0.15, 0.2) is 18.2 Å². The van der Waals surface area contributed by atoms with Gasteiger partial charge < -0.3 is 5.32 Å². The molecule has 1 heterocycles. The van der Waals surface area contributed by atoms with Crippen LogP contribution in [-0.2, 0) is 11.2 Å². The molecule has 98 valence electrons. The Labute approximate surface area is 116 Å². The number of halogens is 2. The van der Waals surface area contributed by atoms with Crippen molar-refractivity contribution in [1.29, 1.82) is 0 Å². The number of aryl methyl sites for hydroxylation is 1. The van der Waals surface area contributed by atoms with Crippen molar-refractivity contribution < 1.29 is 4.79 Å². The minimum atomic E-state index is -0.454. The summed E-state index contributed by atoms with van der Waals surface area (Å²) in [5, 5.41) is 6.85. The van der Waals surface area contributed by atoms with Crippen LogP contribution in [-0.4, -0.2) is 18.2 Å². The first-order valence-electron chi connectivity index (χ1n) is 5.79. The molecule has 0 aromatic heterocycles. The number of amides is 1. The molecule has 4 nitrogen and oxygen atoms in total. The number of benzene rings is 1. The lowest BCUT2D eigenvalue weighted by atomic mass is 10.0. The molecule has 0 saturated carbocycles.